The molecule has 0 saturated carbocycles. The monoisotopic (exact) mass is 320 g/mol. The lowest BCUT2D eigenvalue weighted by atomic mass is 10.0. The molecule has 0 aliphatic rings. The van der Waals surface area contributed by atoms with E-state index in [1.807, 2.05) is 51.2 Å². The van der Waals surface area contributed by atoms with E-state index in [2.05, 4.69) is 47.1 Å². The lowest BCUT2D eigenvalue weighted by Gasteiger charge is -2.26. The van der Waals surface area contributed by atoms with E-state index >= 15 is 0 Å². The van der Waals surface area contributed by atoms with Crippen molar-refractivity contribution in [3.05, 3.63) is 71.9 Å². The van der Waals surface area contributed by atoms with Gasteiger partial charge in [-0.25, -0.2) is 0 Å². The van der Waals surface area contributed by atoms with Gasteiger partial charge in [-0.1, -0.05) is 48.0 Å². The van der Waals surface area contributed by atoms with Gasteiger partial charge in [0.15, 0.2) is 0 Å². The quantitative estimate of drug-likeness (QED) is 0.760. The summed E-state index contributed by atoms with van der Waals surface area (Å²) < 4.78 is 2.06. The van der Waals surface area contributed by atoms with Crippen molar-refractivity contribution in [3.63, 3.8) is 0 Å². The second-order valence-corrected chi connectivity index (χ2v) is 7.33. The zero-order valence-electron chi connectivity index (χ0n) is 14.7. The minimum Gasteiger partial charge on any atom is -0.349 e. The van der Waals surface area contributed by atoms with E-state index in [4.69, 9.17) is 0 Å². The van der Waals surface area contributed by atoms with E-state index in [0.717, 1.165) is 16.5 Å². The van der Waals surface area contributed by atoms with E-state index in [9.17, 15) is 4.79 Å². The highest BCUT2D eigenvalue weighted by Gasteiger charge is 2.26. The van der Waals surface area contributed by atoms with Crippen molar-refractivity contribution in [2.75, 3.05) is 0 Å². The molecule has 1 unspecified atom stereocenters. The maximum atomic E-state index is 13.1. The van der Waals surface area contributed by atoms with E-state index in [1.54, 1.807) is 0 Å². The fourth-order valence-corrected chi connectivity index (χ4v) is 2.95. The number of benzene rings is 2. The van der Waals surface area contributed by atoms with E-state index in [-0.39, 0.29) is 17.5 Å². The lowest BCUT2D eigenvalue weighted by Crippen LogP contribution is -2.44. The number of para-hydroxylation sites is 1. The zero-order chi connectivity index (χ0) is 17.3. The third-order valence-electron chi connectivity index (χ3n) is 4.05. The molecule has 3 rings (SSSR count). The van der Waals surface area contributed by atoms with Gasteiger partial charge < -0.3 is 9.88 Å². The molecule has 2 aromatic carbocycles. The molecule has 1 aromatic heterocycles. The van der Waals surface area contributed by atoms with E-state index in [1.165, 1.54) is 5.56 Å². The molecule has 0 bridgehead atoms. The number of nitrogens with one attached hydrogen (secondary N) is 1. The number of rotatable bonds is 3. The summed E-state index contributed by atoms with van der Waals surface area (Å²) in [6.45, 7) is 8.07. The van der Waals surface area contributed by atoms with Crippen LogP contribution in [0.2, 0.25) is 0 Å². The summed E-state index contributed by atoms with van der Waals surface area (Å²) in [5, 5.41) is 4.26. The van der Waals surface area contributed by atoms with Gasteiger partial charge in [-0.05, 0) is 50.8 Å². The van der Waals surface area contributed by atoms with Crippen LogP contribution in [0.25, 0.3) is 10.9 Å². The normalized spacial score (nSPS) is 13.0. The molecule has 3 nitrogen and oxygen atoms in total. The summed E-state index contributed by atoms with van der Waals surface area (Å²) in [7, 11) is 0. The van der Waals surface area contributed by atoms with Gasteiger partial charge in [-0.2, -0.15) is 0 Å². The predicted octanol–water partition coefficient (Wildman–Crippen LogP) is 4.45. The van der Waals surface area contributed by atoms with Crippen molar-refractivity contribution < 1.29 is 4.79 Å². The Morgan fingerprint density at radius 3 is 2.33 bits per heavy atom. The molecular weight excluding hydrogens is 296 g/mol. The molecule has 3 aromatic rings. The fourth-order valence-electron chi connectivity index (χ4n) is 2.95. The molecule has 0 aliphatic carbocycles. The number of aromatic nitrogens is 1. The molecule has 0 saturated heterocycles. The Balaban J connectivity index is 2.11. The summed E-state index contributed by atoms with van der Waals surface area (Å²) in [5.41, 5.74) is 2.96. The maximum absolute atomic E-state index is 13.1. The van der Waals surface area contributed by atoms with Crippen LogP contribution in [0.3, 0.4) is 0 Å². The van der Waals surface area contributed by atoms with Gasteiger partial charge in [0.2, 0.25) is 5.91 Å². The van der Waals surface area contributed by atoms with E-state index in [0.29, 0.717) is 0 Å². The van der Waals surface area contributed by atoms with Gasteiger partial charge in [-0.15, -0.1) is 0 Å². The van der Waals surface area contributed by atoms with Crippen LogP contribution in [0, 0.1) is 6.92 Å². The SMILES string of the molecule is Cc1ccc(C(C(=O)NC(C)(C)C)n2ccc3ccccc32)cc1. The molecule has 0 aliphatic heterocycles. The Bertz CT molecular complexity index is 853. The molecule has 24 heavy (non-hydrogen) atoms. The molecule has 1 atom stereocenters. The lowest BCUT2D eigenvalue weighted by molar-refractivity contribution is -0.124. The first-order chi connectivity index (χ1) is 11.3. The van der Waals surface area contributed by atoms with Gasteiger partial charge >= 0.3 is 0 Å². The Morgan fingerprint density at radius 1 is 1.00 bits per heavy atom. The van der Waals surface area contributed by atoms with Gasteiger partial charge in [0.1, 0.15) is 6.04 Å². The average molecular weight is 320 g/mol. The van der Waals surface area contributed by atoms with E-state index < -0.39 is 0 Å². The van der Waals surface area contributed by atoms with Gasteiger partial charge in [0.05, 0.1) is 0 Å². The molecule has 124 valence electrons. The maximum Gasteiger partial charge on any atom is 0.248 e. The fraction of sp³-hybridized carbons (Fsp3) is 0.286. The zero-order valence-corrected chi connectivity index (χ0v) is 14.7. The number of fused-ring (bicyclic) bond motifs is 1. The van der Waals surface area contributed by atoms with Crippen molar-refractivity contribution in [2.24, 2.45) is 0 Å². The van der Waals surface area contributed by atoms with Crippen LogP contribution in [-0.4, -0.2) is 16.0 Å². The van der Waals surface area contributed by atoms with Crippen molar-refractivity contribution in [2.45, 2.75) is 39.3 Å². The Labute approximate surface area is 143 Å². The molecule has 0 spiro atoms. The minimum atomic E-state index is -0.385. The molecule has 0 fully saturated rings. The second kappa shape index (κ2) is 6.16. The smallest absolute Gasteiger partial charge is 0.248 e. The van der Waals surface area contributed by atoms with Gasteiger partial charge in [0, 0.05) is 17.3 Å². The minimum absolute atomic E-state index is 0.00714. The van der Waals surface area contributed by atoms with Gasteiger partial charge in [-0.3, -0.25) is 4.79 Å². The molecule has 1 N–H and O–H groups in total. The number of hydrogen-bond donors (Lipinski definition) is 1. The average Bonchev–Trinajstić information content (AvgIpc) is 2.92. The first kappa shape index (κ1) is 16.3. The molecule has 3 heteroatoms. The van der Waals surface area contributed by atoms with Crippen molar-refractivity contribution >= 4 is 16.8 Å². The number of carbonyl (C=O) groups excluding carboxylic acids is 1. The number of carbonyl (C=O) groups is 1. The van der Waals surface area contributed by atoms with Crippen LogP contribution in [-0.2, 0) is 4.79 Å². The highest BCUT2D eigenvalue weighted by Crippen LogP contribution is 2.26. The summed E-state index contributed by atoms with van der Waals surface area (Å²) >= 11 is 0. The number of amides is 1. The summed E-state index contributed by atoms with van der Waals surface area (Å²) in [5.74, 6) is 0.00714. The third kappa shape index (κ3) is 3.35. The third-order valence-corrected chi connectivity index (χ3v) is 4.05. The highest BCUT2D eigenvalue weighted by molar-refractivity contribution is 5.88. The van der Waals surface area contributed by atoms with Crippen molar-refractivity contribution in [3.8, 4) is 0 Å². The summed E-state index contributed by atoms with van der Waals surface area (Å²) in [4.78, 5) is 13.1. The highest BCUT2D eigenvalue weighted by atomic mass is 16.2. The molecule has 1 amide bonds. The predicted molar refractivity (Wildman–Crippen MR) is 99.2 cm³/mol. The Kier molecular flexibility index (Phi) is 4.18. The number of hydrogen-bond acceptors (Lipinski definition) is 1. The van der Waals surface area contributed by atoms with Crippen molar-refractivity contribution in [1.29, 1.82) is 0 Å². The first-order valence-corrected chi connectivity index (χ1v) is 8.29. The van der Waals surface area contributed by atoms with Crippen LogP contribution < -0.4 is 5.32 Å². The van der Waals surface area contributed by atoms with Crippen LogP contribution in [0.1, 0.15) is 37.9 Å². The van der Waals surface area contributed by atoms with Crippen molar-refractivity contribution in [1.82, 2.24) is 9.88 Å². The molecular formula is C21H24N2O. The Morgan fingerprint density at radius 2 is 1.67 bits per heavy atom. The second-order valence-electron chi connectivity index (χ2n) is 7.33. The summed E-state index contributed by atoms with van der Waals surface area (Å²) in [6.07, 6.45) is 2.00. The Hall–Kier alpha value is -2.55. The topological polar surface area (TPSA) is 34.0 Å². The number of aryl methyl sites for hydroxylation is 1. The molecule has 1 heterocycles. The largest absolute Gasteiger partial charge is 0.349 e. The van der Waals surface area contributed by atoms with Gasteiger partial charge in [0.25, 0.3) is 0 Å². The first-order valence-electron chi connectivity index (χ1n) is 8.29. The van der Waals surface area contributed by atoms with Crippen LogP contribution >= 0.6 is 0 Å². The van der Waals surface area contributed by atoms with Crippen LogP contribution in [0.15, 0.2) is 60.8 Å². The molecule has 0 radical (unpaired) electrons. The standard InChI is InChI=1S/C21H24N2O/c1-15-9-11-17(12-10-15)19(20(24)22-21(2,3)4)23-14-13-16-7-5-6-8-18(16)23/h5-14,19H,1-4H3,(H,22,24). The number of nitrogens with zero attached hydrogens (tertiary/aromatic N) is 1. The van der Waals surface area contributed by atoms with Crippen LogP contribution in [0.5, 0.6) is 0 Å². The van der Waals surface area contributed by atoms with Crippen LogP contribution in [0.4, 0.5) is 0 Å². The summed E-state index contributed by atoms with van der Waals surface area (Å²) in [6, 6.07) is 18.0.